The van der Waals surface area contributed by atoms with Crippen molar-refractivity contribution in [2.75, 3.05) is 13.2 Å². The van der Waals surface area contributed by atoms with Crippen LogP contribution in [0.4, 0.5) is 13.6 Å². The quantitative estimate of drug-likeness (QED) is 0.592. The van der Waals surface area contributed by atoms with Crippen molar-refractivity contribution in [3.8, 4) is 0 Å². The summed E-state index contributed by atoms with van der Waals surface area (Å²) in [4.78, 5) is 24.4. The van der Waals surface area contributed by atoms with Crippen LogP contribution in [-0.4, -0.2) is 47.7 Å². The minimum atomic E-state index is -2.95. The highest BCUT2D eigenvalue weighted by Gasteiger charge is 2.42. The van der Waals surface area contributed by atoms with E-state index in [-0.39, 0.29) is 19.4 Å². The summed E-state index contributed by atoms with van der Waals surface area (Å²) < 4.78 is 37.1. The summed E-state index contributed by atoms with van der Waals surface area (Å²) in [6.45, 7) is 6.16. The lowest BCUT2D eigenvalue weighted by Crippen LogP contribution is -2.52. The number of amides is 1. The van der Waals surface area contributed by atoms with Gasteiger partial charge in [-0.1, -0.05) is 6.08 Å². The summed E-state index contributed by atoms with van der Waals surface area (Å²) in [6.07, 6.45) is 1.48. The van der Waals surface area contributed by atoms with E-state index in [0.717, 1.165) is 11.0 Å². The Morgan fingerprint density at radius 2 is 2.00 bits per heavy atom. The van der Waals surface area contributed by atoms with Gasteiger partial charge in [0.05, 0.1) is 19.2 Å². The molecular formula is C15H23F2NO4. The third-order valence-electron chi connectivity index (χ3n) is 2.98. The van der Waals surface area contributed by atoms with E-state index in [2.05, 4.69) is 0 Å². The van der Waals surface area contributed by atoms with E-state index in [1.165, 1.54) is 6.08 Å². The first-order valence-electron chi connectivity index (χ1n) is 7.26. The summed E-state index contributed by atoms with van der Waals surface area (Å²) in [5.41, 5.74) is -0.779. The molecule has 126 valence electrons. The number of piperidine rings is 1. The molecule has 0 aromatic carbocycles. The van der Waals surface area contributed by atoms with E-state index in [0.29, 0.717) is 0 Å². The molecule has 1 amide bonds. The molecule has 0 N–H and O–H groups in total. The number of hydrogen-bond donors (Lipinski definition) is 0. The fraction of sp³-hybridized carbons (Fsp3) is 0.733. The number of nitrogens with zero attached hydrogens (tertiary/aromatic N) is 1. The van der Waals surface area contributed by atoms with Crippen molar-refractivity contribution < 1.29 is 27.8 Å². The van der Waals surface area contributed by atoms with E-state index in [9.17, 15) is 18.4 Å². The SMILES string of the molecule is CCOC(=O)/C=C/[C@H]1CCC(F)(F)CN1C(=O)OC(C)(C)C. The predicted octanol–water partition coefficient (Wildman–Crippen LogP) is 3.14. The lowest BCUT2D eigenvalue weighted by atomic mass is 9.99. The second-order valence-electron chi connectivity index (χ2n) is 6.18. The summed E-state index contributed by atoms with van der Waals surface area (Å²) in [5.74, 6) is -3.52. The third-order valence-corrected chi connectivity index (χ3v) is 2.98. The Labute approximate surface area is 129 Å². The Bertz CT molecular complexity index is 443. The minimum Gasteiger partial charge on any atom is -0.463 e. The lowest BCUT2D eigenvalue weighted by molar-refractivity contribution is -0.137. The number of hydrogen-bond acceptors (Lipinski definition) is 4. The molecule has 0 aromatic rings. The molecule has 1 rings (SSSR count). The van der Waals surface area contributed by atoms with Gasteiger partial charge >= 0.3 is 12.1 Å². The number of halogens is 2. The van der Waals surface area contributed by atoms with Gasteiger partial charge in [0.25, 0.3) is 5.92 Å². The molecule has 1 saturated heterocycles. The summed E-state index contributed by atoms with van der Waals surface area (Å²) >= 11 is 0. The van der Waals surface area contributed by atoms with Crippen LogP contribution in [0.5, 0.6) is 0 Å². The first-order valence-corrected chi connectivity index (χ1v) is 7.26. The number of rotatable bonds is 3. The van der Waals surface area contributed by atoms with Crippen molar-refractivity contribution in [2.24, 2.45) is 0 Å². The molecule has 1 heterocycles. The Kier molecular flexibility index (Phi) is 5.91. The lowest BCUT2D eigenvalue weighted by Gasteiger charge is -2.38. The van der Waals surface area contributed by atoms with Crippen molar-refractivity contribution in [1.82, 2.24) is 4.90 Å². The van der Waals surface area contributed by atoms with Crippen molar-refractivity contribution in [1.29, 1.82) is 0 Å². The van der Waals surface area contributed by atoms with Gasteiger partial charge in [-0.25, -0.2) is 18.4 Å². The second kappa shape index (κ2) is 7.07. The number of esters is 1. The third kappa shape index (κ3) is 5.99. The van der Waals surface area contributed by atoms with Crippen LogP contribution < -0.4 is 0 Å². The Hall–Kier alpha value is -1.66. The van der Waals surface area contributed by atoms with Crippen molar-refractivity contribution in [2.45, 2.75) is 58.1 Å². The monoisotopic (exact) mass is 319 g/mol. The molecule has 1 aliphatic rings. The smallest absolute Gasteiger partial charge is 0.410 e. The molecule has 22 heavy (non-hydrogen) atoms. The summed E-state index contributed by atoms with van der Waals surface area (Å²) in [6, 6.07) is -0.612. The Balaban J connectivity index is 2.84. The standard InChI is InChI=1S/C15H23F2NO4/c1-5-21-12(19)7-6-11-8-9-15(16,17)10-18(11)13(20)22-14(2,3)4/h6-7,11H,5,8-10H2,1-4H3/b7-6+/t11-/m0/s1. The topological polar surface area (TPSA) is 55.8 Å². The van der Waals surface area contributed by atoms with E-state index >= 15 is 0 Å². The van der Waals surface area contributed by atoms with Gasteiger partial charge in [0.15, 0.2) is 0 Å². The van der Waals surface area contributed by atoms with Crippen LogP contribution in [0, 0.1) is 0 Å². The van der Waals surface area contributed by atoms with E-state index < -0.39 is 36.2 Å². The molecule has 0 bridgehead atoms. The van der Waals surface area contributed by atoms with Crippen molar-refractivity contribution in [3.05, 3.63) is 12.2 Å². The first kappa shape index (κ1) is 18.4. The fourth-order valence-electron chi connectivity index (χ4n) is 2.06. The average Bonchev–Trinajstić information content (AvgIpc) is 2.34. The van der Waals surface area contributed by atoms with E-state index in [1.54, 1.807) is 27.7 Å². The maximum Gasteiger partial charge on any atom is 0.410 e. The first-order chi connectivity index (χ1) is 10.0. The fourth-order valence-corrected chi connectivity index (χ4v) is 2.06. The zero-order chi connectivity index (χ0) is 17.0. The summed E-state index contributed by atoms with van der Waals surface area (Å²) in [5, 5.41) is 0. The maximum atomic E-state index is 13.6. The highest BCUT2D eigenvalue weighted by molar-refractivity contribution is 5.82. The van der Waals surface area contributed by atoms with Gasteiger partial charge in [-0.3, -0.25) is 4.90 Å². The molecule has 0 radical (unpaired) electrons. The van der Waals surface area contributed by atoms with Crippen LogP contribution in [0.25, 0.3) is 0 Å². The average molecular weight is 319 g/mol. The molecular weight excluding hydrogens is 296 g/mol. The van der Waals surface area contributed by atoms with Gasteiger partial charge in [-0.2, -0.15) is 0 Å². The van der Waals surface area contributed by atoms with Gasteiger partial charge in [-0.05, 0) is 34.1 Å². The predicted molar refractivity (Wildman–Crippen MR) is 76.7 cm³/mol. The van der Waals surface area contributed by atoms with Crippen molar-refractivity contribution in [3.63, 3.8) is 0 Å². The maximum absolute atomic E-state index is 13.6. The van der Waals surface area contributed by atoms with Gasteiger partial charge in [0.1, 0.15) is 5.60 Å². The molecule has 5 nitrogen and oxygen atoms in total. The van der Waals surface area contributed by atoms with Crippen LogP contribution in [0.15, 0.2) is 12.2 Å². The molecule has 1 atom stereocenters. The van der Waals surface area contributed by atoms with Crippen LogP contribution in [0.2, 0.25) is 0 Å². The van der Waals surface area contributed by atoms with Gasteiger partial charge in [-0.15, -0.1) is 0 Å². The van der Waals surface area contributed by atoms with Gasteiger partial charge in [0, 0.05) is 12.5 Å². The number of carbonyl (C=O) groups is 2. The number of likely N-dealkylation sites (tertiary alicyclic amines) is 1. The Morgan fingerprint density at radius 1 is 1.36 bits per heavy atom. The molecule has 0 spiro atoms. The zero-order valence-electron chi connectivity index (χ0n) is 13.4. The van der Waals surface area contributed by atoms with Crippen LogP contribution in [0.1, 0.15) is 40.5 Å². The normalized spacial score (nSPS) is 21.7. The minimum absolute atomic E-state index is 0.0577. The molecule has 1 aliphatic heterocycles. The molecule has 0 saturated carbocycles. The van der Waals surface area contributed by atoms with Crippen LogP contribution in [-0.2, 0) is 14.3 Å². The molecule has 7 heteroatoms. The molecule has 1 fully saturated rings. The largest absolute Gasteiger partial charge is 0.463 e. The van der Waals surface area contributed by atoms with Crippen LogP contribution >= 0.6 is 0 Å². The summed E-state index contributed by atoms with van der Waals surface area (Å²) in [7, 11) is 0. The molecule has 0 aromatic heterocycles. The zero-order valence-corrected chi connectivity index (χ0v) is 13.4. The van der Waals surface area contributed by atoms with Gasteiger partial charge in [0.2, 0.25) is 0 Å². The number of alkyl halides is 2. The molecule has 0 unspecified atom stereocenters. The number of carbonyl (C=O) groups excluding carboxylic acids is 2. The van der Waals surface area contributed by atoms with Gasteiger partial charge < -0.3 is 9.47 Å². The highest BCUT2D eigenvalue weighted by atomic mass is 19.3. The highest BCUT2D eigenvalue weighted by Crippen LogP contribution is 2.31. The number of ether oxygens (including phenoxy) is 2. The van der Waals surface area contributed by atoms with E-state index in [1.807, 2.05) is 0 Å². The molecule has 0 aliphatic carbocycles. The Morgan fingerprint density at radius 3 is 2.55 bits per heavy atom. The van der Waals surface area contributed by atoms with Crippen molar-refractivity contribution >= 4 is 12.1 Å². The van der Waals surface area contributed by atoms with E-state index in [4.69, 9.17) is 9.47 Å². The van der Waals surface area contributed by atoms with Crippen LogP contribution in [0.3, 0.4) is 0 Å². The second-order valence-corrected chi connectivity index (χ2v) is 6.18.